The number of rotatable bonds is 5. The number of nitrogens with zero attached hydrogens (tertiary/aromatic N) is 4. The summed E-state index contributed by atoms with van der Waals surface area (Å²) < 4.78 is 5.42. The van der Waals surface area contributed by atoms with Crippen LogP contribution in [0.25, 0.3) is 0 Å². The minimum Gasteiger partial charge on any atom is -0.444 e. The average molecular weight is 528 g/mol. The van der Waals surface area contributed by atoms with Crippen molar-refractivity contribution in [2.24, 2.45) is 0 Å². The molecule has 0 radical (unpaired) electrons. The number of anilines is 4. The first-order valence-corrected chi connectivity index (χ1v) is 13.5. The van der Waals surface area contributed by atoms with Gasteiger partial charge in [0, 0.05) is 62.1 Å². The normalized spacial score (nSPS) is 18.0. The molecule has 2 N–H and O–H groups in total. The highest BCUT2D eigenvalue weighted by Crippen LogP contribution is 2.35. The number of benzene rings is 3. The summed E-state index contributed by atoms with van der Waals surface area (Å²) >= 11 is 0. The fourth-order valence-corrected chi connectivity index (χ4v) is 5.91. The Hall–Kier alpha value is -4.24. The highest BCUT2D eigenvalue weighted by molar-refractivity contribution is 5.96. The van der Waals surface area contributed by atoms with E-state index in [-0.39, 0.29) is 18.0 Å². The van der Waals surface area contributed by atoms with Crippen LogP contribution in [0, 0.1) is 0 Å². The fourth-order valence-electron chi connectivity index (χ4n) is 5.91. The Bertz CT molecular complexity index is 1330. The third-order valence-electron chi connectivity index (χ3n) is 8.02. The Kier molecular flexibility index (Phi) is 6.98. The minimum atomic E-state index is -0.294. The van der Waals surface area contributed by atoms with Gasteiger partial charge in [-0.2, -0.15) is 0 Å². The number of hydrogen-bond acceptors (Lipinski definition) is 7. The van der Waals surface area contributed by atoms with Crippen LogP contribution in [0.2, 0.25) is 0 Å². The van der Waals surface area contributed by atoms with Gasteiger partial charge in [0.15, 0.2) is 0 Å². The number of piperidine rings is 1. The van der Waals surface area contributed by atoms with Crippen LogP contribution in [0.3, 0.4) is 0 Å². The molecule has 0 bridgehead atoms. The Morgan fingerprint density at radius 3 is 2.28 bits per heavy atom. The number of carbonyl (C=O) groups is 2. The van der Waals surface area contributed by atoms with Crippen molar-refractivity contribution in [1.29, 1.82) is 0 Å². The number of ether oxygens (including phenoxy) is 1. The van der Waals surface area contributed by atoms with Crippen molar-refractivity contribution in [2.75, 3.05) is 59.4 Å². The van der Waals surface area contributed by atoms with Gasteiger partial charge < -0.3 is 19.4 Å². The molecule has 3 aromatic carbocycles. The highest BCUT2D eigenvalue weighted by Gasteiger charge is 2.34. The van der Waals surface area contributed by atoms with Gasteiger partial charge in [-0.05, 0) is 49.2 Å². The van der Waals surface area contributed by atoms with Gasteiger partial charge in [-0.15, -0.1) is 0 Å². The van der Waals surface area contributed by atoms with E-state index < -0.39 is 0 Å². The van der Waals surface area contributed by atoms with Gasteiger partial charge in [-0.3, -0.25) is 20.4 Å². The predicted octanol–water partition coefficient (Wildman–Crippen LogP) is 4.58. The zero-order valence-corrected chi connectivity index (χ0v) is 21.8. The molecule has 9 nitrogen and oxygen atoms in total. The molecule has 9 heteroatoms. The molecule has 2 fully saturated rings. The lowest BCUT2D eigenvalue weighted by Gasteiger charge is -2.41. The van der Waals surface area contributed by atoms with Crippen molar-refractivity contribution in [3.8, 4) is 0 Å². The van der Waals surface area contributed by atoms with Crippen molar-refractivity contribution in [3.05, 3.63) is 83.9 Å². The van der Waals surface area contributed by atoms with Crippen molar-refractivity contribution < 1.29 is 19.5 Å². The third kappa shape index (κ3) is 4.97. The van der Waals surface area contributed by atoms with Crippen molar-refractivity contribution in [1.82, 2.24) is 4.90 Å². The Labute approximate surface area is 228 Å². The second-order valence-electron chi connectivity index (χ2n) is 10.2. The van der Waals surface area contributed by atoms with E-state index in [0.717, 1.165) is 42.9 Å². The second-order valence-corrected chi connectivity index (χ2v) is 10.2. The first-order chi connectivity index (χ1) is 19.1. The molecule has 0 spiro atoms. The van der Waals surface area contributed by atoms with Crippen LogP contribution in [0.4, 0.5) is 27.5 Å². The molecule has 0 aliphatic carbocycles. The summed E-state index contributed by atoms with van der Waals surface area (Å²) in [6.45, 7) is 4.58. The van der Waals surface area contributed by atoms with Crippen LogP contribution >= 0.6 is 0 Å². The standard InChI is InChI=1S/C30H33N5O4/c36-29(34-18-16-32(17-19-34)24-7-2-1-3-8-24)22-10-11-28(26(20-22)31-38)33-14-12-25(13-15-33)35-27-9-5-4-6-23(27)21-39-30(35)37/h1-11,20,25,31,38H,12-19,21H2. The zero-order chi connectivity index (χ0) is 26.8. The van der Waals surface area contributed by atoms with Crippen LogP contribution < -0.4 is 20.2 Å². The van der Waals surface area contributed by atoms with E-state index in [4.69, 9.17) is 4.74 Å². The molecule has 6 rings (SSSR count). The number of amides is 2. The topological polar surface area (TPSA) is 88.6 Å². The van der Waals surface area contributed by atoms with Crippen LogP contribution in [-0.4, -0.2) is 67.4 Å². The van der Waals surface area contributed by atoms with Gasteiger partial charge in [-0.25, -0.2) is 4.79 Å². The van der Waals surface area contributed by atoms with Crippen LogP contribution in [-0.2, 0) is 11.3 Å². The zero-order valence-electron chi connectivity index (χ0n) is 21.8. The molecule has 0 saturated carbocycles. The van der Waals surface area contributed by atoms with Gasteiger partial charge in [0.05, 0.1) is 17.1 Å². The number of cyclic esters (lactones) is 1. The van der Waals surface area contributed by atoms with E-state index in [0.29, 0.717) is 44.0 Å². The lowest BCUT2D eigenvalue weighted by molar-refractivity contribution is 0.0746. The van der Waals surface area contributed by atoms with E-state index in [1.807, 2.05) is 59.5 Å². The first kappa shape index (κ1) is 25.1. The van der Waals surface area contributed by atoms with E-state index in [1.54, 1.807) is 11.0 Å². The molecule has 3 aliphatic heterocycles. The number of para-hydroxylation sites is 2. The van der Waals surface area contributed by atoms with Crippen LogP contribution in [0.5, 0.6) is 0 Å². The lowest BCUT2D eigenvalue weighted by atomic mass is 9.99. The van der Waals surface area contributed by atoms with Gasteiger partial charge in [0.25, 0.3) is 5.91 Å². The molecule has 39 heavy (non-hydrogen) atoms. The van der Waals surface area contributed by atoms with Crippen molar-refractivity contribution in [3.63, 3.8) is 0 Å². The Balaban J connectivity index is 1.10. The average Bonchev–Trinajstić information content (AvgIpc) is 3.01. The van der Waals surface area contributed by atoms with Gasteiger partial charge in [0.2, 0.25) is 0 Å². The predicted molar refractivity (Wildman–Crippen MR) is 151 cm³/mol. The maximum Gasteiger partial charge on any atom is 0.414 e. The second kappa shape index (κ2) is 10.9. The summed E-state index contributed by atoms with van der Waals surface area (Å²) in [7, 11) is 0. The summed E-state index contributed by atoms with van der Waals surface area (Å²) in [5, 5.41) is 9.95. The Morgan fingerprint density at radius 1 is 0.821 bits per heavy atom. The maximum atomic E-state index is 13.3. The number of hydrogen-bond donors (Lipinski definition) is 2. The number of nitrogens with one attached hydrogen (secondary N) is 1. The summed E-state index contributed by atoms with van der Waals surface area (Å²) in [5.74, 6) is -0.0354. The minimum absolute atomic E-state index is 0.0354. The molecule has 0 aromatic heterocycles. The van der Waals surface area contributed by atoms with E-state index in [9.17, 15) is 14.8 Å². The molecular weight excluding hydrogens is 494 g/mol. The maximum absolute atomic E-state index is 13.3. The highest BCUT2D eigenvalue weighted by atomic mass is 16.6. The van der Waals surface area contributed by atoms with E-state index in [2.05, 4.69) is 27.4 Å². The summed E-state index contributed by atoms with van der Waals surface area (Å²) in [6, 6.07) is 23.6. The smallest absolute Gasteiger partial charge is 0.414 e. The number of fused-ring (bicyclic) bond motifs is 1. The lowest BCUT2D eigenvalue weighted by Crippen LogP contribution is -2.49. The van der Waals surface area contributed by atoms with E-state index in [1.165, 1.54) is 5.69 Å². The molecule has 3 aliphatic rings. The molecule has 2 saturated heterocycles. The molecule has 2 amide bonds. The van der Waals surface area contributed by atoms with Crippen molar-refractivity contribution >= 4 is 34.7 Å². The molecule has 3 heterocycles. The molecule has 0 unspecified atom stereocenters. The monoisotopic (exact) mass is 527 g/mol. The van der Waals surface area contributed by atoms with Gasteiger partial charge in [0.1, 0.15) is 6.61 Å². The SMILES string of the molecule is O=C(c1ccc(N2CCC(N3C(=O)OCc4ccccc43)CC2)c(NO)c1)N1CCN(c2ccccc2)CC1. The fraction of sp³-hybridized carbons (Fsp3) is 0.333. The van der Waals surface area contributed by atoms with Gasteiger partial charge in [-0.1, -0.05) is 36.4 Å². The molecular formula is C30H33N5O4. The molecule has 3 aromatic rings. The quantitative estimate of drug-likeness (QED) is 0.470. The molecule has 0 atom stereocenters. The summed E-state index contributed by atoms with van der Waals surface area (Å²) in [6.07, 6.45) is 1.23. The number of carbonyl (C=O) groups excluding carboxylic acids is 2. The summed E-state index contributed by atoms with van der Waals surface area (Å²) in [4.78, 5) is 34.1. The number of piperazine rings is 1. The first-order valence-electron chi connectivity index (χ1n) is 13.5. The Morgan fingerprint density at radius 2 is 1.54 bits per heavy atom. The van der Waals surface area contributed by atoms with Crippen molar-refractivity contribution in [2.45, 2.75) is 25.5 Å². The third-order valence-corrected chi connectivity index (χ3v) is 8.02. The van der Waals surface area contributed by atoms with Crippen LogP contribution in [0.15, 0.2) is 72.8 Å². The van der Waals surface area contributed by atoms with Gasteiger partial charge >= 0.3 is 6.09 Å². The van der Waals surface area contributed by atoms with Crippen LogP contribution in [0.1, 0.15) is 28.8 Å². The largest absolute Gasteiger partial charge is 0.444 e. The summed E-state index contributed by atoms with van der Waals surface area (Å²) in [5.41, 5.74) is 7.32. The van der Waals surface area contributed by atoms with E-state index >= 15 is 0 Å². The molecule has 202 valence electrons.